The summed E-state index contributed by atoms with van der Waals surface area (Å²) in [4.78, 5) is 21.1. The van der Waals surface area contributed by atoms with E-state index in [1.54, 1.807) is 28.6 Å². The molecule has 0 aromatic heterocycles. The van der Waals surface area contributed by atoms with Gasteiger partial charge >= 0.3 is 11.9 Å². The number of carbonyl (C=O) groups is 2. The Morgan fingerprint density at radius 3 is 1.77 bits per heavy atom. The molecule has 1 saturated carbocycles. The molecule has 2 aliphatic rings. The van der Waals surface area contributed by atoms with E-state index >= 15 is 0 Å². The van der Waals surface area contributed by atoms with Gasteiger partial charge in [-0.3, -0.25) is 4.90 Å². The van der Waals surface area contributed by atoms with Crippen molar-refractivity contribution in [1.29, 1.82) is 0 Å². The molecular formula is C20H29ClN2O6S. The minimum absolute atomic E-state index is 0.339. The fraction of sp³-hybridized carbons (Fsp3) is 0.600. The number of sulfonamides is 1. The first-order valence-corrected chi connectivity index (χ1v) is 12.0. The summed E-state index contributed by atoms with van der Waals surface area (Å²) in [6.07, 6.45) is 9.23. The van der Waals surface area contributed by atoms with Crippen molar-refractivity contribution in [2.45, 2.75) is 55.9 Å². The van der Waals surface area contributed by atoms with Gasteiger partial charge in [0.25, 0.3) is 0 Å². The van der Waals surface area contributed by atoms with Crippen molar-refractivity contribution in [3.8, 4) is 0 Å². The minimum Gasteiger partial charge on any atom is -0.473 e. The SMILES string of the molecule is O=C(O)C(=O)O.O=S(=O)(c1ccc(Cl)cc1)N1CCN(C2CCCCCCC2)CC1. The number of piperazine rings is 1. The molecule has 2 N–H and O–H groups in total. The second-order valence-electron chi connectivity index (χ2n) is 7.50. The normalized spacial score (nSPS) is 19.8. The van der Waals surface area contributed by atoms with Gasteiger partial charge in [0.1, 0.15) is 0 Å². The zero-order valence-corrected chi connectivity index (χ0v) is 18.4. The van der Waals surface area contributed by atoms with E-state index in [2.05, 4.69) is 4.90 Å². The van der Waals surface area contributed by atoms with Crippen LogP contribution in [0.15, 0.2) is 29.2 Å². The summed E-state index contributed by atoms with van der Waals surface area (Å²) in [7, 11) is -3.40. The van der Waals surface area contributed by atoms with Gasteiger partial charge in [0, 0.05) is 37.2 Å². The van der Waals surface area contributed by atoms with E-state index in [0.717, 1.165) is 13.1 Å². The Bertz CT molecular complexity index is 787. The summed E-state index contributed by atoms with van der Waals surface area (Å²) < 4.78 is 27.1. The van der Waals surface area contributed by atoms with Crippen molar-refractivity contribution in [3.05, 3.63) is 29.3 Å². The van der Waals surface area contributed by atoms with E-state index in [4.69, 9.17) is 31.4 Å². The molecular weight excluding hydrogens is 432 g/mol. The molecule has 10 heteroatoms. The van der Waals surface area contributed by atoms with Gasteiger partial charge in [-0.25, -0.2) is 18.0 Å². The fourth-order valence-electron chi connectivity index (χ4n) is 3.86. The zero-order chi connectivity index (χ0) is 22.1. The molecule has 0 radical (unpaired) electrons. The highest BCUT2D eigenvalue weighted by Gasteiger charge is 2.30. The van der Waals surface area contributed by atoms with Gasteiger partial charge in [-0.05, 0) is 37.1 Å². The van der Waals surface area contributed by atoms with Crippen LogP contribution in [0.4, 0.5) is 0 Å². The summed E-state index contributed by atoms with van der Waals surface area (Å²) in [6.45, 7) is 2.86. The Morgan fingerprint density at radius 1 is 0.833 bits per heavy atom. The predicted molar refractivity (Wildman–Crippen MR) is 113 cm³/mol. The number of aliphatic carboxylic acids is 2. The number of benzene rings is 1. The summed E-state index contributed by atoms with van der Waals surface area (Å²) in [5, 5.41) is 15.3. The quantitative estimate of drug-likeness (QED) is 0.666. The highest BCUT2D eigenvalue weighted by atomic mass is 35.5. The number of nitrogens with zero attached hydrogens (tertiary/aromatic N) is 2. The molecule has 0 unspecified atom stereocenters. The third kappa shape index (κ3) is 7.23. The van der Waals surface area contributed by atoms with Crippen LogP contribution in [0.1, 0.15) is 44.9 Å². The molecule has 1 heterocycles. The van der Waals surface area contributed by atoms with Crippen LogP contribution in [0.2, 0.25) is 5.02 Å². The fourth-order valence-corrected chi connectivity index (χ4v) is 5.41. The maximum Gasteiger partial charge on any atom is 0.414 e. The van der Waals surface area contributed by atoms with E-state index in [0.29, 0.717) is 29.0 Å². The first-order valence-electron chi connectivity index (χ1n) is 10.2. The van der Waals surface area contributed by atoms with E-state index in [1.165, 1.54) is 44.9 Å². The third-order valence-electron chi connectivity index (χ3n) is 5.50. The van der Waals surface area contributed by atoms with Crippen LogP contribution in [0.25, 0.3) is 0 Å². The van der Waals surface area contributed by atoms with Crippen LogP contribution in [0, 0.1) is 0 Å². The lowest BCUT2D eigenvalue weighted by molar-refractivity contribution is -0.159. The highest BCUT2D eigenvalue weighted by molar-refractivity contribution is 7.89. The molecule has 0 atom stereocenters. The second-order valence-corrected chi connectivity index (χ2v) is 9.88. The van der Waals surface area contributed by atoms with Crippen molar-refractivity contribution in [3.63, 3.8) is 0 Å². The molecule has 0 amide bonds. The summed E-state index contributed by atoms with van der Waals surface area (Å²) in [5.74, 6) is -3.65. The van der Waals surface area contributed by atoms with E-state index in [9.17, 15) is 8.42 Å². The molecule has 8 nitrogen and oxygen atoms in total. The molecule has 1 aromatic rings. The van der Waals surface area contributed by atoms with Crippen molar-refractivity contribution in [2.75, 3.05) is 26.2 Å². The van der Waals surface area contributed by atoms with Gasteiger partial charge in [-0.1, -0.05) is 43.7 Å². The Labute approximate surface area is 182 Å². The Morgan fingerprint density at radius 2 is 1.30 bits per heavy atom. The first kappa shape index (κ1) is 24.6. The Hall–Kier alpha value is -1.68. The van der Waals surface area contributed by atoms with Crippen molar-refractivity contribution < 1.29 is 28.2 Å². The maximum absolute atomic E-state index is 12.7. The average molecular weight is 461 g/mol. The van der Waals surface area contributed by atoms with Gasteiger partial charge in [-0.15, -0.1) is 0 Å². The van der Waals surface area contributed by atoms with Crippen LogP contribution < -0.4 is 0 Å². The number of halogens is 1. The number of carboxylic acids is 2. The summed E-state index contributed by atoms with van der Waals surface area (Å²) in [6, 6.07) is 7.11. The maximum atomic E-state index is 12.7. The molecule has 1 saturated heterocycles. The van der Waals surface area contributed by atoms with Crippen LogP contribution in [-0.2, 0) is 19.6 Å². The number of rotatable bonds is 3. The highest BCUT2D eigenvalue weighted by Crippen LogP contribution is 2.24. The molecule has 1 aliphatic carbocycles. The first-order chi connectivity index (χ1) is 14.2. The Kier molecular flexibility index (Phi) is 9.54. The predicted octanol–water partition coefficient (Wildman–Crippen LogP) is 2.91. The van der Waals surface area contributed by atoms with Crippen molar-refractivity contribution >= 4 is 33.6 Å². The summed E-state index contributed by atoms with van der Waals surface area (Å²) >= 11 is 5.86. The average Bonchev–Trinajstić information content (AvgIpc) is 2.69. The van der Waals surface area contributed by atoms with Crippen molar-refractivity contribution in [2.24, 2.45) is 0 Å². The van der Waals surface area contributed by atoms with E-state index in [-0.39, 0.29) is 0 Å². The standard InChI is InChI=1S/C18H27ClN2O2S.C2H2O4/c19-16-8-10-18(11-9-16)24(22,23)21-14-12-20(13-15-21)17-6-4-2-1-3-5-7-17;3-1(4)2(5)6/h8-11,17H,1-7,12-15H2;(H,3,4)(H,5,6). The largest absolute Gasteiger partial charge is 0.473 e. The second kappa shape index (κ2) is 11.6. The smallest absolute Gasteiger partial charge is 0.414 e. The third-order valence-corrected chi connectivity index (χ3v) is 7.66. The van der Waals surface area contributed by atoms with Gasteiger partial charge in [0.05, 0.1) is 4.90 Å². The molecule has 2 fully saturated rings. The molecule has 30 heavy (non-hydrogen) atoms. The lowest BCUT2D eigenvalue weighted by Crippen LogP contribution is -2.51. The molecule has 3 rings (SSSR count). The minimum atomic E-state index is -3.40. The summed E-state index contributed by atoms with van der Waals surface area (Å²) in [5.41, 5.74) is 0. The van der Waals surface area contributed by atoms with Crippen LogP contribution >= 0.6 is 11.6 Å². The van der Waals surface area contributed by atoms with Gasteiger partial charge in [-0.2, -0.15) is 4.31 Å². The number of hydrogen-bond donors (Lipinski definition) is 2. The number of hydrogen-bond acceptors (Lipinski definition) is 5. The lowest BCUT2D eigenvalue weighted by Gasteiger charge is -2.39. The molecule has 0 bridgehead atoms. The van der Waals surface area contributed by atoms with Crippen LogP contribution in [0.3, 0.4) is 0 Å². The topological polar surface area (TPSA) is 115 Å². The lowest BCUT2D eigenvalue weighted by atomic mass is 9.95. The van der Waals surface area contributed by atoms with E-state index in [1.807, 2.05) is 0 Å². The zero-order valence-electron chi connectivity index (χ0n) is 16.9. The van der Waals surface area contributed by atoms with Crippen LogP contribution in [0.5, 0.6) is 0 Å². The van der Waals surface area contributed by atoms with Crippen molar-refractivity contribution in [1.82, 2.24) is 9.21 Å². The van der Waals surface area contributed by atoms with Gasteiger partial charge in [0.2, 0.25) is 10.0 Å². The monoisotopic (exact) mass is 460 g/mol. The molecule has 1 aromatic carbocycles. The van der Waals surface area contributed by atoms with Gasteiger partial charge < -0.3 is 10.2 Å². The van der Waals surface area contributed by atoms with E-state index < -0.39 is 22.0 Å². The van der Waals surface area contributed by atoms with Crippen LogP contribution in [-0.4, -0.2) is 72.0 Å². The molecule has 1 aliphatic heterocycles. The molecule has 0 spiro atoms. The Balaban J connectivity index is 0.000000469. The molecule has 168 valence electrons. The number of carboxylic acid groups (broad SMARTS) is 2. The van der Waals surface area contributed by atoms with Gasteiger partial charge in [0.15, 0.2) is 0 Å².